The largest absolute Gasteiger partial charge is 0.308 e. The van der Waals surface area contributed by atoms with Crippen molar-refractivity contribution in [1.29, 1.82) is 5.41 Å². The monoisotopic (exact) mass is 409 g/mol. The number of hydrogen-bond donors (Lipinski definition) is 2. The van der Waals surface area contributed by atoms with E-state index in [1.807, 2.05) is 12.3 Å². The molecule has 1 saturated carbocycles. The Labute approximate surface area is 185 Å². The van der Waals surface area contributed by atoms with Crippen molar-refractivity contribution in [3.63, 3.8) is 0 Å². The van der Waals surface area contributed by atoms with E-state index >= 15 is 0 Å². The molecule has 1 aliphatic carbocycles. The van der Waals surface area contributed by atoms with E-state index in [1.165, 1.54) is 37.7 Å². The Bertz CT molecular complexity index is 695. The van der Waals surface area contributed by atoms with Crippen LogP contribution in [0.2, 0.25) is 0 Å². The van der Waals surface area contributed by atoms with Gasteiger partial charge in [-0.3, -0.25) is 4.99 Å². The Balaban J connectivity index is 2.22. The molecule has 0 aromatic carbocycles. The number of allylic oxidation sites excluding steroid dienone is 5. The van der Waals surface area contributed by atoms with Crippen LogP contribution in [0.1, 0.15) is 79.1 Å². The predicted molar refractivity (Wildman–Crippen MR) is 133 cm³/mol. The average Bonchev–Trinajstić information content (AvgIpc) is 2.96. The second kappa shape index (κ2) is 12.8. The van der Waals surface area contributed by atoms with Crippen LogP contribution in [0, 0.1) is 23.2 Å². The lowest BCUT2D eigenvalue weighted by atomic mass is 9.81. The van der Waals surface area contributed by atoms with Crippen molar-refractivity contribution >= 4 is 11.4 Å². The molecule has 1 heterocycles. The van der Waals surface area contributed by atoms with Gasteiger partial charge in [0.2, 0.25) is 0 Å². The highest BCUT2D eigenvalue weighted by atomic mass is 14.9. The molecule has 2 rings (SSSR count). The maximum absolute atomic E-state index is 9.17. The SMILES string of the molecule is C=C/C=C1/CC(C(=N)C(NCC(C)CC=CC)C2CCCCC(C)C2)=CN=C1CC. The zero-order valence-electron chi connectivity index (χ0n) is 19.7. The quantitative estimate of drug-likeness (QED) is 0.227. The van der Waals surface area contributed by atoms with Gasteiger partial charge in [0.15, 0.2) is 0 Å². The topological polar surface area (TPSA) is 48.2 Å². The minimum absolute atomic E-state index is 0.119. The average molecular weight is 410 g/mol. The van der Waals surface area contributed by atoms with Crippen molar-refractivity contribution in [2.75, 3.05) is 6.54 Å². The fraction of sp³-hybridized carbons (Fsp3) is 0.630. The standard InChI is InChI=1S/C27H43N3/c1-6-9-13-21(5)18-30-27(23-15-11-10-14-20(4)16-23)26(28)24-17-22(12-7-2)25(8-3)29-19-24/h6-7,9,12,19-21,23,27-28,30H,2,8,10-11,13-18H2,1,3-5H3/b9-6?,22-12-,28-26?. The minimum atomic E-state index is 0.119. The van der Waals surface area contributed by atoms with Gasteiger partial charge in [-0.05, 0) is 68.1 Å². The van der Waals surface area contributed by atoms with Crippen LogP contribution < -0.4 is 5.32 Å². The molecule has 0 aromatic heterocycles. The summed E-state index contributed by atoms with van der Waals surface area (Å²) in [4.78, 5) is 4.71. The summed E-state index contributed by atoms with van der Waals surface area (Å²) in [5, 5.41) is 13.0. The Morgan fingerprint density at radius 2 is 2.13 bits per heavy atom. The first-order chi connectivity index (χ1) is 14.5. The Kier molecular flexibility index (Phi) is 10.5. The van der Waals surface area contributed by atoms with Crippen LogP contribution >= 0.6 is 0 Å². The molecule has 4 atom stereocenters. The summed E-state index contributed by atoms with van der Waals surface area (Å²) >= 11 is 0. The molecule has 1 fully saturated rings. The van der Waals surface area contributed by atoms with E-state index in [9.17, 15) is 5.41 Å². The molecule has 3 nitrogen and oxygen atoms in total. The second-order valence-electron chi connectivity index (χ2n) is 9.28. The number of nitrogens with one attached hydrogen (secondary N) is 2. The summed E-state index contributed by atoms with van der Waals surface area (Å²) in [5.41, 5.74) is 4.15. The summed E-state index contributed by atoms with van der Waals surface area (Å²) in [5.74, 6) is 1.85. The molecule has 30 heavy (non-hydrogen) atoms. The Morgan fingerprint density at radius 3 is 2.83 bits per heavy atom. The van der Waals surface area contributed by atoms with Gasteiger partial charge < -0.3 is 10.7 Å². The molecule has 0 aromatic rings. The van der Waals surface area contributed by atoms with Crippen LogP contribution in [-0.2, 0) is 0 Å². The van der Waals surface area contributed by atoms with Gasteiger partial charge in [-0.15, -0.1) is 0 Å². The molecule has 1 aliphatic heterocycles. The van der Waals surface area contributed by atoms with E-state index in [-0.39, 0.29) is 6.04 Å². The van der Waals surface area contributed by atoms with E-state index in [4.69, 9.17) is 4.99 Å². The van der Waals surface area contributed by atoms with E-state index in [2.05, 4.69) is 57.8 Å². The molecule has 0 saturated heterocycles. The molecule has 0 radical (unpaired) electrons. The van der Waals surface area contributed by atoms with Crippen LogP contribution in [0.4, 0.5) is 0 Å². The minimum Gasteiger partial charge on any atom is -0.308 e. The first-order valence-corrected chi connectivity index (χ1v) is 12.0. The molecule has 166 valence electrons. The lowest BCUT2D eigenvalue weighted by Crippen LogP contribution is -2.45. The van der Waals surface area contributed by atoms with Crippen LogP contribution in [-0.4, -0.2) is 24.0 Å². The fourth-order valence-corrected chi connectivity index (χ4v) is 4.81. The molecule has 0 spiro atoms. The maximum atomic E-state index is 9.17. The summed E-state index contributed by atoms with van der Waals surface area (Å²) in [7, 11) is 0. The van der Waals surface area contributed by atoms with Crippen molar-refractivity contribution in [3.8, 4) is 0 Å². The van der Waals surface area contributed by atoms with E-state index < -0.39 is 0 Å². The van der Waals surface area contributed by atoms with Crippen molar-refractivity contribution < 1.29 is 0 Å². The molecular weight excluding hydrogens is 366 g/mol. The zero-order chi connectivity index (χ0) is 21.9. The van der Waals surface area contributed by atoms with Crippen molar-refractivity contribution in [2.24, 2.45) is 22.7 Å². The van der Waals surface area contributed by atoms with Gasteiger partial charge in [-0.2, -0.15) is 0 Å². The van der Waals surface area contributed by atoms with Gasteiger partial charge in [0.05, 0.1) is 11.8 Å². The number of aliphatic imine (C=N–C) groups is 1. The molecule has 2 N–H and O–H groups in total. The summed E-state index contributed by atoms with van der Waals surface area (Å²) < 4.78 is 0. The van der Waals surface area contributed by atoms with Crippen molar-refractivity contribution in [3.05, 3.63) is 48.2 Å². The number of nitrogens with zero attached hydrogens (tertiary/aromatic N) is 1. The maximum Gasteiger partial charge on any atom is 0.0537 e. The highest BCUT2D eigenvalue weighted by Crippen LogP contribution is 2.32. The van der Waals surface area contributed by atoms with Crippen molar-refractivity contribution in [1.82, 2.24) is 5.32 Å². The van der Waals surface area contributed by atoms with Crippen LogP contribution in [0.5, 0.6) is 0 Å². The predicted octanol–water partition coefficient (Wildman–Crippen LogP) is 7.03. The number of hydrogen-bond acceptors (Lipinski definition) is 3. The van der Waals surface area contributed by atoms with Gasteiger partial charge in [0.1, 0.15) is 0 Å². The highest BCUT2D eigenvalue weighted by molar-refractivity contribution is 6.08. The summed E-state index contributed by atoms with van der Waals surface area (Å²) in [6, 6.07) is 0.119. The molecule has 0 amide bonds. The first kappa shape index (κ1) is 24.5. The Hall–Kier alpha value is -1.74. The summed E-state index contributed by atoms with van der Waals surface area (Å²) in [6.07, 6.45) is 19.4. The van der Waals surface area contributed by atoms with E-state index in [0.717, 1.165) is 48.7 Å². The lowest BCUT2D eigenvalue weighted by molar-refractivity contribution is 0.330. The highest BCUT2D eigenvalue weighted by Gasteiger charge is 2.31. The molecule has 2 aliphatic rings. The van der Waals surface area contributed by atoms with Crippen LogP contribution in [0.3, 0.4) is 0 Å². The van der Waals surface area contributed by atoms with E-state index in [1.54, 1.807) is 0 Å². The van der Waals surface area contributed by atoms with E-state index in [0.29, 0.717) is 11.8 Å². The van der Waals surface area contributed by atoms with Gasteiger partial charge >= 0.3 is 0 Å². The fourth-order valence-electron chi connectivity index (χ4n) is 4.81. The third-order valence-electron chi connectivity index (χ3n) is 6.60. The van der Waals surface area contributed by atoms with Gasteiger partial charge in [-0.1, -0.05) is 70.9 Å². The smallest absolute Gasteiger partial charge is 0.0537 e. The van der Waals surface area contributed by atoms with Crippen molar-refractivity contribution in [2.45, 2.75) is 85.1 Å². The van der Waals surface area contributed by atoms with Crippen LogP contribution in [0.25, 0.3) is 0 Å². The molecular formula is C27H43N3. The van der Waals surface area contributed by atoms with Gasteiger partial charge in [-0.25, -0.2) is 0 Å². The van der Waals surface area contributed by atoms with Gasteiger partial charge in [0, 0.05) is 18.3 Å². The van der Waals surface area contributed by atoms with Crippen LogP contribution in [0.15, 0.2) is 53.2 Å². The molecule has 0 bridgehead atoms. The first-order valence-electron chi connectivity index (χ1n) is 12.0. The molecule has 3 heteroatoms. The third-order valence-corrected chi connectivity index (χ3v) is 6.60. The van der Waals surface area contributed by atoms with Gasteiger partial charge in [0.25, 0.3) is 0 Å². The number of rotatable bonds is 10. The Morgan fingerprint density at radius 1 is 1.37 bits per heavy atom. The lowest BCUT2D eigenvalue weighted by Gasteiger charge is -2.32. The second-order valence-corrected chi connectivity index (χ2v) is 9.28. The normalized spacial score (nSPS) is 26.1. The zero-order valence-corrected chi connectivity index (χ0v) is 19.7. The summed E-state index contributed by atoms with van der Waals surface area (Å²) in [6.45, 7) is 13.7. The third kappa shape index (κ3) is 7.19. The molecule has 4 unspecified atom stereocenters.